The van der Waals surface area contributed by atoms with Gasteiger partial charge in [0.1, 0.15) is 17.0 Å². The first-order chi connectivity index (χ1) is 10.2. The number of aromatic nitrogens is 1. The SMILES string of the molecule is CC(c1cc2ccccc2o1)N(C)C(=O)c1ccccn1. The van der Waals surface area contributed by atoms with Crippen LogP contribution in [-0.2, 0) is 0 Å². The lowest BCUT2D eigenvalue weighted by Gasteiger charge is -2.22. The number of pyridine rings is 1. The highest BCUT2D eigenvalue weighted by Crippen LogP contribution is 2.27. The molecule has 3 rings (SSSR count). The predicted molar refractivity (Wildman–Crippen MR) is 81.0 cm³/mol. The Bertz CT molecular complexity index is 732. The summed E-state index contributed by atoms with van der Waals surface area (Å²) in [6.07, 6.45) is 1.62. The van der Waals surface area contributed by atoms with Gasteiger partial charge in [0.05, 0.1) is 6.04 Å². The number of fused-ring (bicyclic) bond motifs is 1. The van der Waals surface area contributed by atoms with Crippen LogP contribution in [0.5, 0.6) is 0 Å². The van der Waals surface area contributed by atoms with Gasteiger partial charge in [-0.3, -0.25) is 9.78 Å². The van der Waals surface area contributed by atoms with Crippen LogP contribution in [0.1, 0.15) is 29.2 Å². The zero-order chi connectivity index (χ0) is 14.8. The number of amides is 1. The second kappa shape index (κ2) is 5.40. The van der Waals surface area contributed by atoms with Crippen molar-refractivity contribution in [3.8, 4) is 0 Å². The zero-order valence-corrected chi connectivity index (χ0v) is 12.0. The molecule has 4 heteroatoms. The third-order valence-corrected chi connectivity index (χ3v) is 3.64. The lowest BCUT2D eigenvalue weighted by molar-refractivity contribution is 0.0721. The van der Waals surface area contributed by atoms with Crippen molar-refractivity contribution < 1.29 is 9.21 Å². The van der Waals surface area contributed by atoms with Crippen molar-refractivity contribution in [2.75, 3.05) is 7.05 Å². The summed E-state index contributed by atoms with van der Waals surface area (Å²) in [5, 5.41) is 1.04. The van der Waals surface area contributed by atoms with Crippen molar-refractivity contribution in [2.45, 2.75) is 13.0 Å². The molecule has 0 saturated heterocycles. The highest BCUT2D eigenvalue weighted by atomic mass is 16.3. The van der Waals surface area contributed by atoms with Crippen molar-refractivity contribution in [3.63, 3.8) is 0 Å². The van der Waals surface area contributed by atoms with Gasteiger partial charge in [-0.2, -0.15) is 0 Å². The number of nitrogens with zero attached hydrogens (tertiary/aromatic N) is 2. The third kappa shape index (κ3) is 2.52. The van der Waals surface area contributed by atoms with E-state index in [-0.39, 0.29) is 11.9 Å². The van der Waals surface area contributed by atoms with E-state index in [1.165, 1.54) is 0 Å². The number of para-hydroxylation sites is 1. The molecule has 1 unspecified atom stereocenters. The van der Waals surface area contributed by atoms with Gasteiger partial charge in [-0.1, -0.05) is 24.3 Å². The molecule has 1 amide bonds. The van der Waals surface area contributed by atoms with Crippen molar-refractivity contribution in [2.24, 2.45) is 0 Å². The van der Waals surface area contributed by atoms with E-state index in [0.717, 1.165) is 16.7 Å². The summed E-state index contributed by atoms with van der Waals surface area (Å²) in [7, 11) is 1.76. The average molecular weight is 280 g/mol. The standard InChI is InChI=1S/C17H16N2O2/c1-12(16-11-13-7-3-4-9-15(13)21-16)19(2)17(20)14-8-5-6-10-18-14/h3-12H,1-2H3. The number of hydrogen-bond donors (Lipinski definition) is 0. The Labute approximate surface area is 123 Å². The molecule has 0 N–H and O–H groups in total. The third-order valence-electron chi connectivity index (χ3n) is 3.64. The zero-order valence-electron chi connectivity index (χ0n) is 12.0. The number of carbonyl (C=O) groups excluding carboxylic acids is 1. The molecule has 3 aromatic rings. The minimum atomic E-state index is -0.160. The first-order valence-corrected chi connectivity index (χ1v) is 6.83. The van der Waals surface area contributed by atoms with Crippen molar-refractivity contribution in [1.82, 2.24) is 9.88 Å². The second-order valence-corrected chi connectivity index (χ2v) is 4.99. The highest BCUT2D eigenvalue weighted by Gasteiger charge is 2.22. The monoisotopic (exact) mass is 280 g/mol. The Morgan fingerprint density at radius 2 is 1.95 bits per heavy atom. The van der Waals surface area contributed by atoms with Crippen molar-refractivity contribution in [3.05, 3.63) is 66.2 Å². The molecule has 106 valence electrons. The first kappa shape index (κ1) is 13.4. The molecule has 0 aliphatic rings. The van der Waals surface area contributed by atoms with Gasteiger partial charge >= 0.3 is 0 Å². The number of benzene rings is 1. The molecule has 4 nitrogen and oxygen atoms in total. The van der Waals surface area contributed by atoms with E-state index in [4.69, 9.17) is 4.42 Å². The molecule has 2 aromatic heterocycles. The first-order valence-electron chi connectivity index (χ1n) is 6.83. The number of rotatable bonds is 3. The van der Waals surface area contributed by atoms with E-state index in [9.17, 15) is 4.79 Å². The molecule has 0 aliphatic carbocycles. The Kier molecular flexibility index (Phi) is 3.44. The molecular formula is C17H16N2O2. The maximum absolute atomic E-state index is 12.4. The predicted octanol–water partition coefficient (Wildman–Crippen LogP) is 3.66. The molecule has 1 atom stereocenters. The fourth-order valence-electron chi connectivity index (χ4n) is 2.24. The van der Waals surface area contributed by atoms with Gasteiger partial charge in [-0.25, -0.2) is 0 Å². The van der Waals surface area contributed by atoms with Crippen LogP contribution in [0.15, 0.2) is 59.1 Å². The molecule has 0 spiro atoms. The van der Waals surface area contributed by atoms with Gasteiger partial charge in [0.15, 0.2) is 0 Å². The highest BCUT2D eigenvalue weighted by molar-refractivity contribution is 5.92. The second-order valence-electron chi connectivity index (χ2n) is 4.99. The lowest BCUT2D eigenvalue weighted by Crippen LogP contribution is -2.30. The molecule has 1 aromatic carbocycles. The van der Waals surface area contributed by atoms with Crippen LogP contribution in [0, 0.1) is 0 Å². The Morgan fingerprint density at radius 1 is 1.19 bits per heavy atom. The van der Waals surface area contributed by atoms with Crippen LogP contribution in [0.2, 0.25) is 0 Å². The van der Waals surface area contributed by atoms with E-state index in [1.54, 1.807) is 36.3 Å². The Morgan fingerprint density at radius 3 is 2.67 bits per heavy atom. The molecular weight excluding hydrogens is 264 g/mol. The van der Waals surface area contributed by atoms with Gasteiger partial charge < -0.3 is 9.32 Å². The maximum Gasteiger partial charge on any atom is 0.272 e. The molecule has 21 heavy (non-hydrogen) atoms. The van der Waals surface area contributed by atoms with Gasteiger partial charge in [0.2, 0.25) is 0 Å². The van der Waals surface area contributed by atoms with Crippen LogP contribution in [0.25, 0.3) is 11.0 Å². The van der Waals surface area contributed by atoms with Crippen molar-refractivity contribution >= 4 is 16.9 Å². The minimum Gasteiger partial charge on any atom is -0.459 e. The minimum absolute atomic E-state index is 0.122. The number of carbonyl (C=O) groups is 1. The molecule has 0 radical (unpaired) electrons. The number of furan rings is 1. The Hall–Kier alpha value is -2.62. The number of hydrogen-bond acceptors (Lipinski definition) is 3. The van der Waals surface area contributed by atoms with Crippen LogP contribution >= 0.6 is 0 Å². The topological polar surface area (TPSA) is 46.3 Å². The quantitative estimate of drug-likeness (QED) is 0.735. The van der Waals surface area contributed by atoms with Crippen LogP contribution in [-0.4, -0.2) is 22.8 Å². The van der Waals surface area contributed by atoms with Gasteiger partial charge in [-0.05, 0) is 31.2 Å². The fraction of sp³-hybridized carbons (Fsp3) is 0.176. The van der Waals surface area contributed by atoms with E-state index in [1.807, 2.05) is 37.3 Å². The summed E-state index contributed by atoms with van der Waals surface area (Å²) < 4.78 is 5.82. The summed E-state index contributed by atoms with van der Waals surface area (Å²) >= 11 is 0. The summed E-state index contributed by atoms with van der Waals surface area (Å²) in [4.78, 5) is 18.1. The molecule has 0 bridgehead atoms. The average Bonchev–Trinajstić information content (AvgIpc) is 2.97. The van der Waals surface area contributed by atoms with Crippen LogP contribution in [0.3, 0.4) is 0 Å². The summed E-state index contributed by atoms with van der Waals surface area (Å²) in [6, 6.07) is 14.9. The molecule has 0 fully saturated rings. The molecule has 0 saturated carbocycles. The van der Waals surface area contributed by atoms with Gasteiger partial charge in [0, 0.05) is 18.6 Å². The van der Waals surface area contributed by atoms with E-state index in [0.29, 0.717) is 5.69 Å². The normalized spacial score (nSPS) is 12.3. The van der Waals surface area contributed by atoms with Gasteiger partial charge in [-0.15, -0.1) is 0 Å². The summed E-state index contributed by atoms with van der Waals surface area (Å²) in [5.41, 5.74) is 1.26. The maximum atomic E-state index is 12.4. The van der Waals surface area contributed by atoms with E-state index in [2.05, 4.69) is 4.98 Å². The van der Waals surface area contributed by atoms with Crippen LogP contribution < -0.4 is 0 Å². The van der Waals surface area contributed by atoms with E-state index < -0.39 is 0 Å². The van der Waals surface area contributed by atoms with E-state index >= 15 is 0 Å². The lowest BCUT2D eigenvalue weighted by atomic mass is 10.2. The van der Waals surface area contributed by atoms with Crippen molar-refractivity contribution in [1.29, 1.82) is 0 Å². The summed E-state index contributed by atoms with van der Waals surface area (Å²) in [5.74, 6) is 0.645. The largest absolute Gasteiger partial charge is 0.459 e. The smallest absolute Gasteiger partial charge is 0.272 e. The fourth-order valence-corrected chi connectivity index (χ4v) is 2.24. The molecule has 2 heterocycles. The van der Waals surface area contributed by atoms with Crippen LogP contribution in [0.4, 0.5) is 0 Å². The van der Waals surface area contributed by atoms with Gasteiger partial charge in [0.25, 0.3) is 5.91 Å². The Balaban J connectivity index is 1.87. The summed E-state index contributed by atoms with van der Waals surface area (Å²) in [6.45, 7) is 1.94. The molecule has 0 aliphatic heterocycles.